The van der Waals surface area contributed by atoms with E-state index in [9.17, 15) is 9.59 Å². The van der Waals surface area contributed by atoms with E-state index < -0.39 is 0 Å². The molecule has 0 aliphatic rings. The minimum atomic E-state index is -0.250. The normalized spacial score (nSPS) is 10.6. The molecule has 1 rings (SSSR count). The minimum Gasteiger partial charge on any atom is -0.345 e. The summed E-state index contributed by atoms with van der Waals surface area (Å²) in [6, 6.07) is 0. The Bertz CT molecular complexity index is 407. The van der Waals surface area contributed by atoms with Gasteiger partial charge in [-0.2, -0.15) is 5.10 Å². The van der Waals surface area contributed by atoms with Crippen molar-refractivity contribution in [3.05, 3.63) is 17.5 Å². The molecule has 1 amide bonds. The van der Waals surface area contributed by atoms with Crippen molar-refractivity contribution >= 4 is 11.7 Å². The average molecular weight is 223 g/mol. The fourth-order valence-electron chi connectivity index (χ4n) is 1.19. The van der Waals surface area contributed by atoms with Crippen LogP contribution in [0.25, 0.3) is 0 Å². The van der Waals surface area contributed by atoms with Crippen LogP contribution in [0.1, 0.15) is 29.9 Å². The summed E-state index contributed by atoms with van der Waals surface area (Å²) in [4.78, 5) is 23.0. The van der Waals surface area contributed by atoms with Crippen LogP contribution in [-0.2, 0) is 11.8 Å². The third-order valence-corrected chi connectivity index (χ3v) is 2.55. The molecule has 0 saturated heterocycles. The molecule has 0 spiro atoms. The number of aromatic nitrogens is 2. The second kappa shape index (κ2) is 4.92. The molecule has 0 atom stereocenters. The number of carbonyl (C=O) groups is 2. The molecule has 0 aliphatic heterocycles. The number of amides is 1. The third kappa shape index (κ3) is 2.68. The lowest BCUT2D eigenvalue weighted by atomic mass is 10.1. The van der Waals surface area contributed by atoms with Crippen LogP contribution in [0.15, 0.2) is 6.20 Å². The van der Waals surface area contributed by atoms with E-state index in [1.165, 1.54) is 6.20 Å². The van der Waals surface area contributed by atoms with Crippen molar-refractivity contribution in [2.24, 2.45) is 13.0 Å². The number of aryl methyl sites for hydroxylation is 1. The quantitative estimate of drug-likeness (QED) is 0.816. The van der Waals surface area contributed by atoms with E-state index in [0.717, 1.165) is 5.69 Å². The summed E-state index contributed by atoms with van der Waals surface area (Å²) in [6.07, 6.45) is 1.50. The summed E-state index contributed by atoms with van der Waals surface area (Å²) >= 11 is 0. The van der Waals surface area contributed by atoms with Gasteiger partial charge in [0.2, 0.25) is 0 Å². The molecule has 0 aromatic carbocycles. The van der Waals surface area contributed by atoms with Crippen molar-refractivity contribution in [1.29, 1.82) is 0 Å². The summed E-state index contributed by atoms with van der Waals surface area (Å²) in [5.74, 6) is -0.287. The Morgan fingerprint density at radius 1 is 1.50 bits per heavy atom. The van der Waals surface area contributed by atoms with Crippen molar-refractivity contribution in [3.63, 3.8) is 0 Å². The van der Waals surface area contributed by atoms with Crippen LogP contribution in [0.2, 0.25) is 0 Å². The molecule has 1 aromatic rings. The molecule has 0 bridgehead atoms. The van der Waals surface area contributed by atoms with E-state index in [1.807, 2.05) is 20.8 Å². The first-order chi connectivity index (χ1) is 7.43. The van der Waals surface area contributed by atoms with Gasteiger partial charge in [-0.3, -0.25) is 14.3 Å². The second-order valence-corrected chi connectivity index (χ2v) is 4.07. The Morgan fingerprint density at radius 2 is 2.12 bits per heavy atom. The molecule has 0 aliphatic carbocycles. The lowest BCUT2D eigenvalue weighted by Gasteiger charge is -2.06. The Labute approximate surface area is 94.8 Å². The molecule has 5 nitrogen and oxygen atoms in total. The monoisotopic (exact) mass is 223 g/mol. The van der Waals surface area contributed by atoms with Gasteiger partial charge < -0.3 is 5.32 Å². The zero-order valence-corrected chi connectivity index (χ0v) is 10.1. The van der Waals surface area contributed by atoms with Crippen LogP contribution < -0.4 is 5.32 Å². The van der Waals surface area contributed by atoms with Gasteiger partial charge in [0, 0.05) is 18.7 Å². The topological polar surface area (TPSA) is 64.0 Å². The Morgan fingerprint density at radius 3 is 2.56 bits per heavy atom. The van der Waals surface area contributed by atoms with Crippen molar-refractivity contribution < 1.29 is 9.59 Å². The third-order valence-electron chi connectivity index (χ3n) is 2.55. The van der Waals surface area contributed by atoms with Crippen molar-refractivity contribution in [1.82, 2.24) is 15.1 Å². The van der Waals surface area contributed by atoms with E-state index in [-0.39, 0.29) is 24.2 Å². The first-order valence-electron chi connectivity index (χ1n) is 5.23. The van der Waals surface area contributed by atoms with Crippen LogP contribution in [0.5, 0.6) is 0 Å². The Balaban J connectivity index is 2.60. The molecule has 5 heteroatoms. The number of rotatable bonds is 4. The summed E-state index contributed by atoms with van der Waals surface area (Å²) in [7, 11) is 1.77. The van der Waals surface area contributed by atoms with Crippen LogP contribution in [0.4, 0.5) is 0 Å². The average Bonchev–Trinajstić information content (AvgIpc) is 2.55. The maximum absolute atomic E-state index is 11.7. The van der Waals surface area contributed by atoms with Gasteiger partial charge in [0.1, 0.15) is 0 Å². The molecule has 16 heavy (non-hydrogen) atoms. The van der Waals surface area contributed by atoms with Crippen LogP contribution in [0, 0.1) is 12.8 Å². The lowest BCUT2D eigenvalue weighted by molar-refractivity contribution is -0.120. The minimum absolute atomic E-state index is 0.0230. The smallest absolute Gasteiger partial charge is 0.255 e. The zero-order valence-electron chi connectivity index (χ0n) is 10.1. The maximum atomic E-state index is 11.7. The molecule has 0 unspecified atom stereocenters. The SMILES string of the molecule is Cc1c(C(=O)NCC(=O)C(C)C)cnn1C. The van der Waals surface area contributed by atoms with E-state index in [4.69, 9.17) is 0 Å². The van der Waals surface area contributed by atoms with E-state index in [1.54, 1.807) is 11.7 Å². The first kappa shape index (κ1) is 12.4. The summed E-state index contributed by atoms with van der Waals surface area (Å²) < 4.78 is 1.62. The number of Topliss-reactive ketones (excluding diaryl/α,β-unsaturated/α-hetero) is 1. The highest BCUT2D eigenvalue weighted by atomic mass is 16.2. The number of carbonyl (C=O) groups excluding carboxylic acids is 2. The fourth-order valence-corrected chi connectivity index (χ4v) is 1.19. The fraction of sp³-hybridized carbons (Fsp3) is 0.545. The molecule has 0 saturated carbocycles. The summed E-state index contributed by atoms with van der Waals surface area (Å²) in [5.41, 5.74) is 1.30. The number of nitrogens with one attached hydrogen (secondary N) is 1. The van der Waals surface area contributed by atoms with Gasteiger partial charge in [-0.1, -0.05) is 13.8 Å². The zero-order chi connectivity index (χ0) is 12.3. The lowest BCUT2D eigenvalue weighted by Crippen LogP contribution is -2.31. The van der Waals surface area contributed by atoms with E-state index in [2.05, 4.69) is 10.4 Å². The largest absolute Gasteiger partial charge is 0.345 e. The van der Waals surface area contributed by atoms with Crippen molar-refractivity contribution in [2.75, 3.05) is 6.54 Å². The summed E-state index contributed by atoms with van der Waals surface area (Å²) in [6.45, 7) is 5.50. The number of ketones is 1. The van der Waals surface area contributed by atoms with Gasteiger partial charge in [0.15, 0.2) is 5.78 Å². The molecule has 1 aromatic heterocycles. The highest BCUT2D eigenvalue weighted by molar-refractivity contribution is 5.97. The predicted molar refractivity (Wildman–Crippen MR) is 60.1 cm³/mol. The van der Waals surface area contributed by atoms with Gasteiger partial charge in [-0.25, -0.2) is 0 Å². The number of nitrogens with zero attached hydrogens (tertiary/aromatic N) is 2. The van der Waals surface area contributed by atoms with Crippen molar-refractivity contribution in [3.8, 4) is 0 Å². The Kier molecular flexibility index (Phi) is 3.82. The van der Waals surface area contributed by atoms with Gasteiger partial charge in [0.05, 0.1) is 18.3 Å². The van der Waals surface area contributed by atoms with Crippen LogP contribution in [-0.4, -0.2) is 28.0 Å². The van der Waals surface area contributed by atoms with Gasteiger partial charge in [-0.15, -0.1) is 0 Å². The second-order valence-electron chi connectivity index (χ2n) is 4.07. The van der Waals surface area contributed by atoms with E-state index in [0.29, 0.717) is 5.56 Å². The van der Waals surface area contributed by atoms with Gasteiger partial charge in [0.25, 0.3) is 5.91 Å². The highest BCUT2D eigenvalue weighted by Gasteiger charge is 2.14. The predicted octanol–water partition coefficient (Wildman–Crippen LogP) is 0.683. The number of hydrogen-bond donors (Lipinski definition) is 1. The van der Waals surface area contributed by atoms with Crippen molar-refractivity contribution in [2.45, 2.75) is 20.8 Å². The standard InChI is InChI=1S/C11H17N3O2/c1-7(2)10(15)6-12-11(16)9-5-13-14(4)8(9)3/h5,7H,6H2,1-4H3,(H,12,16). The molecule has 1 N–H and O–H groups in total. The molecule has 1 heterocycles. The molecular formula is C11H17N3O2. The molecule has 0 radical (unpaired) electrons. The molecule has 0 fully saturated rings. The van der Waals surface area contributed by atoms with Gasteiger partial charge in [-0.05, 0) is 6.92 Å². The maximum Gasteiger partial charge on any atom is 0.255 e. The van der Waals surface area contributed by atoms with Gasteiger partial charge >= 0.3 is 0 Å². The van der Waals surface area contributed by atoms with E-state index >= 15 is 0 Å². The molecule has 88 valence electrons. The number of hydrogen-bond acceptors (Lipinski definition) is 3. The summed E-state index contributed by atoms with van der Waals surface area (Å²) in [5, 5.41) is 6.56. The highest BCUT2D eigenvalue weighted by Crippen LogP contribution is 2.04. The van der Waals surface area contributed by atoms with Crippen LogP contribution in [0.3, 0.4) is 0 Å². The van der Waals surface area contributed by atoms with Crippen LogP contribution >= 0.6 is 0 Å². The first-order valence-corrected chi connectivity index (χ1v) is 5.23. The molecular weight excluding hydrogens is 206 g/mol. The Hall–Kier alpha value is -1.65.